The van der Waals surface area contributed by atoms with E-state index in [4.69, 9.17) is 5.73 Å². The lowest BCUT2D eigenvalue weighted by molar-refractivity contribution is -0.163. The Kier molecular flexibility index (Phi) is 3.45. The number of nitrogens with zero attached hydrogens (tertiary/aromatic N) is 2. The lowest BCUT2D eigenvalue weighted by atomic mass is 9.74. The quantitative estimate of drug-likeness (QED) is 0.535. The Morgan fingerprint density at radius 1 is 1.45 bits per heavy atom. The van der Waals surface area contributed by atoms with Crippen LogP contribution in [0.2, 0.25) is 0 Å². The molecule has 2 amide bonds. The molecule has 3 aliphatic rings. The largest absolute Gasteiger partial charge is 0.477 e. The second-order valence-corrected chi connectivity index (χ2v) is 6.22. The van der Waals surface area contributed by atoms with E-state index < -0.39 is 23.9 Å². The molecule has 0 spiro atoms. The van der Waals surface area contributed by atoms with Gasteiger partial charge in [0, 0.05) is 12.5 Å². The molecule has 0 aromatic carbocycles. The number of hydrogen-bond acceptors (Lipinski definition) is 5. The highest BCUT2D eigenvalue weighted by Gasteiger charge is 2.61. The van der Waals surface area contributed by atoms with Crippen molar-refractivity contribution in [3.63, 3.8) is 0 Å². The Morgan fingerprint density at radius 3 is 2.68 bits per heavy atom. The molecule has 0 aromatic rings. The molecule has 3 rings (SSSR count). The van der Waals surface area contributed by atoms with Crippen LogP contribution >= 0.6 is 0 Å². The fourth-order valence-corrected chi connectivity index (χ4v) is 4.02. The predicted octanol–water partition coefficient (Wildman–Crippen LogP) is -1.65. The van der Waals surface area contributed by atoms with Crippen LogP contribution in [-0.2, 0) is 14.4 Å². The molecular formula is C14H19N3O5. The smallest absolute Gasteiger partial charge is 0.352 e. The van der Waals surface area contributed by atoms with Crippen molar-refractivity contribution >= 4 is 17.8 Å². The van der Waals surface area contributed by atoms with E-state index in [0.29, 0.717) is 25.1 Å². The van der Waals surface area contributed by atoms with E-state index in [0.717, 1.165) is 0 Å². The average molecular weight is 309 g/mol. The number of nitrogens with two attached hydrogens (primary N) is 1. The van der Waals surface area contributed by atoms with Crippen molar-refractivity contribution in [2.24, 2.45) is 17.6 Å². The van der Waals surface area contributed by atoms with Crippen molar-refractivity contribution in [2.45, 2.75) is 25.5 Å². The number of carbonyl (C=O) groups is 3. The summed E-state index contributed by atoms with van der Waals surface area (Å²) in [6.45, 7) is 2.57. The zero-order valence-electron chi connectivity index (χ0n) is 12.2. The molecule has 0 aliphatic carbocycles. The van der Waals surface area contributed by atoms with Crippen molar-refractivity contribution in [3.05, 3.63) is 11.3 Å². The standard InChI is InChI=1S/C14H19N3O5/c1-6(18)10-11-7-2-3-16(5-9(15)19)4-8(7)12(14(21)22)17(11)13(10)20/h6-7,10-11,18H,2-5H2,1H3,(H2,15,19)(H,21,22)/t6-,7+,10-,11-/m1/s1. The van der Waals surface area contributed by atoms with E-state index in [1.807, 2.05) is 0 Å². The molecule has 0 saturated carbocycles. The molecule has 22 heavy (non-hydrogen) atoms. The van der Waals surface area contributed by atoms with E-state index in [-0.39, 0.29) is 30.1 Å². The van der Waals surface area contributed by atoms with Gasteiger partial charge in [0.2, 0.25) is 11.8 Å². The van der Waals surface area contributed by atoms with Crippen LogP contribution < -0.4 is 5.73 Å². The molecule has 4 N–H and O–H groups in total. The highest BCUT2D eigenvalue weighted by molar-refractivity contribution is 6.00. The van der Waals surface area contributed by atoms with Gasteiger partial charge in [-0.25, -0.2) is 4.79 Å². The first-order chi connectivity index (χ1) is 10.3. The van der Waals surface area contributed by atoms with Crippen LogP contribution in [0.3, 0.4) is 0 Å². The van der Waals surface area contributed by atoms with Gasteiger partial charge in [0.05, 0.1) is 24.6 Å². The van der Waals surface area contributed by atoms with Crippen molar-refractivity contribution in [2.75, 3.05) is 19.6 Å². The zero-order chi connectivity index (χ0) is 16.2. The maximum Gasteiger partial charge on any atom is 0.352 e. The minimum absolute atomic E-state index is 0.0195. The van der Waals surface area contributed by atoms with Crippen LogP contribution in [0, 0.1) is 11.8 Å². The summed E-state index contributed by atoms with van der Waals surface area (Å²) in [5.74, 6) is -2.54. The van der Waals surface area contributed by atoms with Crippen LogP contribution in [0.15, 0.2) is 11.3 Å². The van der Waals surface area contributed by atoms with Crippen LogP contribution in [0.25, 0.3) is 0 Å². The predicted molar refractivity (Wildman–Crippen MR) is 74.2 cm³/mol. The van der Waals surface area contributed by atoms with Crippen molar-refractivity contribution < 1.29 is 24.6 Å². The van der Waals surface area contributed by atoms with Gasteiger partial charge >= 0.3 is 5.97 Å². The molecule has 0 unspecified atom stereocenters. The number of fused-ring (bicyclic) bond motifs is 3. The number of amides is 2. The number of hydrogen-bond donors (Lipinski definition) is 3. The van der Waals surface area contributed by atoms with Gasteiger partial charge in [-0.05, 0) is 25.5 Å². The number of carboxylic acid groups (broad SMARTS) is 1. The highest BCUT2D eigenvalue weighted by atomic mass is 16.4. The van der Waals surface area contributed by atoms with E-state index >= 15 is 0 Å². The fourth-order valence-electron chi connectivity index (χ4n) is 4.02. The highest BCUT2D eigenvalue weighted by Crippen LogP contribution is 2.49. The van der Waals surface area contributed by atoms with E-state index in [1.165, 1.54) is 4.90 Å². The summed E-state index contributed by atoms with van der Waals surface area (Å²) in [6, 6.07) is -0.274. The van der Waals surface area contributed by atoms with Crippen LogP contribution in [0.1, 0.15) is 13.3 Å². The summed E-state index contributed by atoms with van der Waals surface area (Å²) in [7, 11) is 0. The molecule has 2 fully saturated rings. The van der Waals surface area contributed by atoms with Gasteiger partial charge in [-0.15, -0.1) is 0 Å². The van der Waals surface area contributed by atoms with Crippen LogP contribution in [-0.4, -0.2) is 69.6 Å². The number of aliphatic hydroxyl groups is 1. The molecule has 0 radical (unpaired) electrons. The zero-order valence-corrected chi connectivity index (χ0v) is 12.2. The SMILES string of the molecule is C[C@@H](O)[C@H]1C(=O)N2C(C(=O)O)=C3CN(CC(N)=O)CC[C@@H]3[C@H]12. The molecule has 3 heterocycles. The molecule has 0 bridgehead atoms. The minimum Gasteiger partial charge on any atom is -0.477 e. The third-order valence-electron chi connectivity index (χ3n) is 4.85. The Morgan fingerprint density at radius 2 is 2.14 bits per heavy atom. The first-order valence-electron chi connectivity index (χ1n) is 7.31. The third kappa shape index (κ3) is 2.02. The summed E-state index contributed by atoms with van der Waals surface area (Å²) < 4.78 is 0. The number of aliphatic carboxylic acids is 1. The summed E-state index contributed by atoms with van der Waals surface area (Å²) in [5.41, 5.74) is 5.88. The van der Waals surface area contributed by atoms with E-state index in [9.17, 15) is 24.6 Å². The van der Waals surface area contributed by atoms with Crippen molar-refractivity contribution in [1.29, 1.82) is 0 Å². The number of piperidine rings is 1. The maximum absolute atomic E-state index is 12.2. The Labute approximate surface area is 127 Å². The van der Waals surface area contributed by atoms with Gasteiger partial charge in [0.25, 0.3) is 0 Å². The Bertz CT molecular complexity index is 585. The average Bonchev–Trinajstić information content (AvgIpc) is 2.68. The number of carbonyl (C=O) groups excluding carboxylic acids is 2. The molecule has 2 saturated heterocycles. The molecule has 8 nitrogen and oxygen atoms in total. The molecule has 3 aliphatic heterocycles. The monoisotopic (exact) mass is 309 g/mol. The summed E-state index contributed by atoms with van der Waals surface area (Å²) in [6.07, 6.45) is -0.149. The summed E-state index contributed by atoms with van der Waals surface area (Å²) in [5, 5.41) is 19.3. The Balaban J connectivity index is 1.91. The number of β-lactam (4-membered cyclic amide) rings is 1. The van der Waals surface area contributed by atoms with Crippen LogP contribution in [0.5, 0.6) is 0 Å². The molecule has 0 aromatic heterocycles. The second kappa shape index (κ2) is 5.06. The molecule has 120 valence electrons. The third-order valence-corrected chi connectivity index (χ3v) is 4.85. The van der Waals surface area contributed by atoms with E-state index in [1.54, 1.807) is 11.8 Å². The number of carboxylic acids is 1. The summed E-state index contributed by atoms with van der Waals surface area (Å²) >= 11 is 0. The molecule has 8 heteroatoms. The van der Waals surface area contributed by atoms with Gasteiger partial charge in [-0.1, -0.05) is 0 Å². The molecule has 4 atom stereocenters. The fraction of sp³-hybridized carbons (Fsp3) is 0.643. The van der Waals surface area contributed by atoms with Gasteiger partial charge in [-0.3, -0.25) is 14.5 Å². The molecular weight excluding hydrogens is 290 g/mol. The topological polar surface area (TPSA) is 124 Å². The van der Waals surface area contributed by atoms with Crippen molar-refractivity contribution in [1.82, 2.24) is 9.80 Å². The second-order valence-electron chi connectivity index (χ2n) is 6.22. The first-order valence-corrected chi connectivity index (χ1v) is 7.31. The normalized spacial score (nSPS) is 32.4. The number of rotatable bonds is 4. The van der Waals surface area contributed by atoms with Gasteiger partial charge in [-0.2, -0.15) is 0 Å². The first kappa shape index (κ1) is 15.0. The maximum atomic E-state index is 12.2. The Hall–Kier alpha value is -1.93. The van der Waals surface area contributed by atoms with Gasteiger partial charge in [0.15, 0.2) is 0 Å². The van der Waals surface area contributed by atoms with Gasteiger partial charge in [0.1, 0.15) is 5.70 Å². The number of primary amides is 1. The van der Waals surface area contributed by atoms with E-state index in [2.05, 4.69) is 0 Å². The summed E-state index contributed by atoms with van der Waals surface area (Å²) in [4.78, 5) is 37.9. The minimum atomic E-state index is -1.14. The van der Waals surface area contributed by atoms with Gasteiger partial charge < -0.3 is 20.8 Å². The number of aliphatic hydroxyl groups excluding tert-OH is 1. The lowest BCUT2D eigenvalue weighted by Crippen LogP contribution is -2.64. The van der Waals surface area contributed by atoms with Crippen LogP contribution in [0.4, 0.5) is 0 Å². The van der Waals surface area contributed by atoms with Crippen molar-refractivity contribution in [3.8, 4) is 0 Å². The number of likely N-dealkylation sites (tertiary alicyclic amines) is 1. The lowest BCUT2D eigenvalue weighted by Gasteiger charge is -2.47.